The Morgan fingerprint density at radius 2 is 1.89 bits per heavy atom. The van der Waals surface area contributed by atoms with Crippen LogP contribution in [0, 0.1) is 11.7 Å². The normalized spacial score (nSPS) is 11.5. The number of rotatable bonds is 5. The fourth-order valence-electron chi connectivity index (χ4n) is 1.65. The topological polar surface area (TPSA) is 52.6 Å². The molecule has 4 nitrogen and oxygen atoms in total. The van der Waals surface area contributed by atoms with Crippen molar-refractivity contribution in [3.8, 4) is 0 Å². The molecule has 1 atom stereocenters. The van der Waals surface area contributed by atoms with Gasteiger partial charge < -0.3 is 9.47 Å². The molecule has 1 unspecified atom stereocenters. The molecule has 0 heterocycles. The molecular weight excluding hydrogens is 251 g/mol. The maximum atomic E-state index is 13.6. The monoisotopic (exact) mass is 266 g/mol. The van der Waals surface area contributed by atoms with Crippen LogP contribution in [0.2, 0.25) is 0 Å². The van der Waals surface area contributed by atoms with E-state index in [1.54, 1.807) is 12.1 Å². The fourth-order valence-corrected chi connectivity index (χ4v) is 1.65. The van der Waals surface area contributed by atoms with Gasteiger partial charge in [-0.05, 0) is 18.1 Å². The molecule has 0 bridgehead atoms. The Morgan fingerprint density at radius 3 is 2.42 bits per heavy atom. The van der Waals surface area contributed by atoms with Gasteiger partial charge in [-0.3, -0.25) is 4.79 Å². The molecule has 5 heteroatoms. The predicted molar refractivity (Wildman–Crippen MR) is 66.8 cm³/mol. The van der Waals surface area contributed by atoms with E-state index in [9.17, 15) is 14.0 Å². The van der Waals surface area contributed by atoms with Crippen LogP contribution in [-0.2, 0) is 25.5 Å². The first-order chi connectivity index (χ1) is 9.01. The first-order valence-corrected chi connectivity index (χ1v) is 5.59. The van der Waals surface area contributed by atoms with Crippen LogP contribution in [0.4, 0.5) is 4.39 Å². The molecule has 0 aliphatic rings. The van der Waals surface area contributed by atoms with Gasteiger partial charge in [-0.15, -0.1) is 0 Å². The highest BCUT2D eigenvalue weighted by Gasteiger charge is 2.28. The number of benzene rings is 1. The Labute approximate surface area is 110 Å². The van der Waals surface area contributed by atoms with Crippen molar-refractivity contribution in [3.63, 3.8) is 0 Å². The molecule has 0 fully saturated rings. The molecule has 1 rings (SSSR count). The van der Waals surface area contributed by atoms with Crippen LogP contribution in [0.25, 0.3) is 0 Å². The van der Waals surface area contributed by atoms with Crippen molar-refractivity contribution in [2.75, 3.05) is 14.2 Å². The molecule has 0 N–H and O–H groups in total. The summed E-state index contributed by atoms with van der Waals surface area (Å²) < 4.78 is 22.7. The molecule has 0 aliphatic carbocycles. The van der Waals surface area contributed by atoms with Crippen molar-refractivity contribution < 1.29 is 23.5 Å². The summed E-state index contributed by atoms with van der Waals surface area (Å²) in [5.74, 6) is -2.78. The molecule has 1 aromatic carbocycles. The molecule has 0 radical (unpaired) electrons. The van der Waals surface area contributed by atoms with Gasteiger partial charge in [0.2, 0.25) is 0 Å². The standard InChI is InChI=1S/C14H15FO4/c1-9(13(16)18-2)11(14(17)19-3)8-10-6-4-5-7-12(10)15/h4-7,11H,1,8H2,2-3H3. The van der Waals surface area contributed by atoms with Gasteiger partial charge in [0.15, 0.2) is 0 Å². The first kappa shape index (κ1) is 14.9. The number of esters is 2. The number of carbonyl (C=O) groups is 2. The lowest BCUT2D eigenvalue weighted by Gasteiger charge is -2.16. The lowest BCUT2D eigenvalue weighted by atomic mass is 9.92. The van der Waals surface area contributed by atoms with Crippen LogP contribution < -0.4 is 0 Å². The van der Waals surface area contributed by atoms with E-state index in [1.807, 2.05) is 0 Å². The predicted octanol–water partition coefficient (Wildman–Crippen LogP) is 1.89. The van der Waals surface area contributed by atoms with Crippen molar-refractivity contribution >= 4 is 11.9 Å². The number of hydrogen-bond acceptors (Lipinski definition) is 4. The van der Waals surface area contributed by atoms with Gasteiger partial charge in [0.25, 0.3) is 0 Å². The van der Waals surface area contributed by atoms with E-state index < -0.39 is 23.7 Å². The highest BCUT2D eigenvalue weighted by atomic mass is 19.1. The van der Waals surface area contributed by atoms with Crippen molar-refractivity contribution in [3.05, 3.63) is 47.8 Å². The van der Waals surface area contributed by atoms with E-state index in [0.29, 0.717) is 5.56 Å². The number of hydrogen-bond donors (Lipinski definition) is 0. The van der Waals surface area contributed by atoms with Crippen LogP contribution in [0.1, 0.15) is 5.56 Å². The summed E-state index contributed by atoms with van der Waals surface area (Å²) in [5, 5.41) is 0. The number of methoxy groups -OCH3 is 2. The zero-order valence-electron chi connectivity index (χ0n) is 10.8. The highest BCUT2D eigenvalue weighted by Crippen LogP contribution is 2.20. The van der Waals surface area contributed by atoms with Crippen LogP contribution in [0.15, 0.2) is 36.4 Å². The minimum atomic E-state index is -0.964. The third-order valence-electron chi connectivity index (χ3n) is 2.74. The van der Waals surface area contributed by atoms with Crippen molar-refractivity contribution in [2.45, 2.75) is 6.42 Å². The first-order valence-electron chi connectivity index (χ1n) is 5.59. The van der Waals surface area contributed by atoms with Gasteiger partial charge in [-0.1, -0.05) is 24.8 Å². The minimum Gasteiger partial charge on any atom is -0.469 e. The third-order valence-corrected chi connectivity index (χ3v) is 2.74. The van der Waals surface area contributed by atoms with Gasteiger partial charge in [-0.25, -0.2) is 9.18 Å². The van der Waals surface area contributed by atoms with Crippen molar-refractivity contribution in [1.29, 1.82) is 0 Å². The summed E-state index contributed by atoms with van der Waals surface area (Å²) in [7, 11) is 2.38. The molecule has 0 amide bonds. The Kier molecular flexibility index (Phi) is 5.23. The molecule has 0 saturated carbocycles. The van der Waals surface area contributed by atoms with E-state index >= 15 is 0 Å². The molecule has 102 valence electrons. The van der Waals surface area contributed by atoms with Gasteiger partial charge in [0.05, 0.1) is 20.1 Å². The molecule has 1 aromatic rings. The van der Waals surface area contributed by atoms with Gasteiger partial charge >= 0.3 is 11.9 Å². The lowest BCUT2D eigenvalue weighted by Crippen LogP contribution is -2.25. The van der Waals surface area contributed by atoms with Crippen LogP contribution in [0.5, 0.6) is 0 Å². The van der Waals surface area contributed by atoms with Crippen LogP contribution in [0.3, 0.4) is 0 Å². The molecular formula is C14H15FO4. The van der Waals surface area contributed by atoms with Crippen LogP contribution in [-0.4, -0.2) is 26.2 Å². The molecule has 0 saturated heterocycles. The molecule has 19 heavy (non-hydrogen) atoms. The van der Waals surface area contributed by atoms with E-state index in [0.717, 1.165) is 0 Å². The molecule has 0 spiro atoms. The van der Waals surface area contributed by atoms with Crippen LogP contribution >= 0.6 is 0 Å². The van der Waals surface area contributed by atoms with E-state index in [1.165, 1.54) is 26.4 Å². The second-order valence-corrected chi connectivity index (χ2v) is 3.89. The summed E-state index contributed by atoms with van der Waals surface area (Å²) in [4.78, 5) is 23.1. The smallest absolute Gasteiger partial charge is 0.334 e. The number of carbonyl (C=O) groups excluding carboxylic acids is 2. The minimum absolute atomic E-state index is 0.00667. The third kappa shape index (κ3) is 3.64. The number of ether oxygens (including phenoxy) is 2. The second-order valence-electron chi connectivity index (χ2n) is 3.89. The van der Waals surface area contributed by atoms with Crippen molar-refractivity contribution in [1.82, 2.24) is 0 Å². The zero-order chi connectivity index (χ0) is 14.4. The number of halogens is 1. The summed E-state index contributed by atoms with van der Waals surface area (Å²) in [6, 6.07) is 6.01. The molecule has 0 aromatic heterocycles. The Bertz CT molecular complexity index is 496. The lowest BCUT2D eigenvalue weighted by molar-refractivity contribution is -0.147. The van der Waals surface area contributed by atoms with E-state index in [4.69, 9.17) is 0 Å². The average molecular weight is 266 g/mol. The summed E-state index contributed by atoms with van der Waals surface area (Å²) in [6.07, 6.45) is -0.00667. The summed E-state index contributed by atoms with van der Waals surface area (Å²) in [5.41, 5.74) is 0.251. The Balaban J connectivity index is 3.00. The van der Waals surface area contributed by atoms with Crippen molar-refractivity contribution in [2.24, 2.45) is 5.92 Å². The maximum Gasteiger partial charge on any atom is 0.334 e. The Morgan fingerprint density at radius 1 is 1.26 bits per heavy atom. The highest BCUT2D eigenvalue weighted by molar-refractivity contribution is 5.95. The quantitative estimate of drug-likeness (QED) is 0.603. The SMILES string of the molecule is C=C(C(=O)OC)C(Cc1ccccc1F)C(=O)OC. The maximum absolute atomic E-state index is 13.6. The largest absolute Gasteiger partial charge is 0.469 e. The summed E-state index contributed by atoms with van der Waals surface area (Å²) >= 11 is 0. The summed E-state index contributed by atoms with van der Waals surface area (Å²) in [6.45, 7) is 3.52. The Hall–Kier alpha value is -2.17. The second kappa shape index (κ2) is 6.68. The van der Waals surface area contributed by atoms with Gasteiger partial charge in [0, 0.05) is 5.57 Å². The fraction of sp³-hybridized carbons (Fsp3) is 0.286. The van der Waals surface area contributed by atoms with E-state index in [-0.39, 0.29) is 12.0 Å². The molecule has 0 aliphatic heterocycles. The zero-order valence-corrected chi connectivity index (χ0v) is 10.8. The average Bonchev–Trinajstić information content (AvgIpc) is 2.44. The van der Waals surface area contributed by atoms with Gasteiger partial charge in [0.1, 0.15) is 5.82 Å². The van der Waals surface area contributed by atoms with Gasteiger partial charge in [-0.2, -0.15) is 0 Å². The van der Waals surface area contributed by atoms with E-state index in [2.05, 4.69) is 16.1 Å².